The van der Waals surface area contributed by atoms with Gasteiger partial charge in [0.1, 0.15) is 11.6 Å². The van der Waals surface area contributed by atoms with Crippen LogP contribution in [0.3, 0.4) is 0 Å². The summed E-state index contributed by atoms with van der Waals surface area (Å²) in [6, 6.07) is 8.80. The van der Waals surface area contributed by atoms with Gasteiger partial charge in [-0.15, -0.1) is 0 Å². The minimum absolute atomic E-state index is 0.140. The van der Waals surface area contributed by atoms with Crippen molar-refractivity contribution < 1.29 is 14.3 Å². The van der Waals surface area contributed by atoms with Crippen LogP contribution in [0.1, 0.15) is 15.9 Å². The lowest BCUT2D eigenvalue weighted by Crippen LogP contribution is -2.12. The molecule has 0 aliphatic rings. The van der Waals surface area contributed by atoms with Gasteiger partial charge in [0.15, 0.2) is 0 Å². The molecule has 2 aromatic rings. The van der Waals surface area contributed by atoms with Gasteiger partial charge in [-0.3, -0.25) is 4.79 Å². The maximum atomic E-state index is 13.1. The number of phenolic OH excluding ortho intramolecular Hbond substituents is 1. The molecule has 0 aromatic heterocycles. The zero-order valence-electron chi connectivity index (χ0n) is 10.1. The third-order valence-corrected chi connectivity index (χ3v) is 3.24. The smallest absolute Gasteiger partial charge is 0.255 e. The molecule has 0 aliphatic heterocycles. The first-order valence-electron chi connectivity index (χ1n) is 5.53. The van der Waals surface area contributed by atoms with E-state index in [2.05, 4.69) is 21.2 Å². The highest BCUT2D eigenvalue weighted by molar-refractivity contribution is 9.10. The van der Waals surface area contributed by atoms with E-state index in [1.807, 2.05) is 0 Å². The van der Waals surface area contributed by atoms with Crippen LogP contribution in [0.4, 0.5) is 10.1 Å². The molecule has 1 amide bonds. The van der Waals surface area contributed by atoms with Crippen LogP contribution in [0.5, 0.6) is 5.75 Å². The number of amides is 1. The van der Waals surface area contributed by atoms with E-state index in [1.165, 1.54) is 30.3 Å². The highest BCUT2D eigenvalue weighted by Gasteiger charge is 2.09. The molecular formula is C14H11BrFNO2. The Morgan fingerprint density at radius 3 is 2.63 bits per heavy atom. The van der Waals surface area contributed by atoms with Crippen molar-refractivity contribution in [1.82, 2.24) is 0 Å². The molecule has 5 heteroatoms. The van der Waals surface area contributed by atoms with E-state index in [4.69, 9.17) is 0 Å². The fourth-order valence-electron chi connectivity index (χ4n) is 1.57. The second-order valence-corrected chi connectivity index (χ2v) is 4.94. The molecule has 0 fully saturated rings. The number of hydrogen-bond acceptors (Lipinski definition) is 2. The van der Waals surface area contributed by atoms with E-state index >= 15 is 0 Å². The summed E-state index contributed by atoms with van der Waals surface area (Å²) in [6.07, 6.45) is 0. The minimum atomic E-state index is -0.390. The fourth-order valence-corrected chi connectivity index (χ4v) is 1.95. The van der Waals surface area contributed by atoms with Crippen LogP contribution in [0, 0.1) is 12.7 Å². The Labute approximate surface area is 118 Å². The van der Waals surface area contributed by atoms with Crippen molar-refractivity contribution in [1.29, 1.82) is 0 Å². The molecule has 0 atom stereocenters. The first-order valence-corrected chi connectivity index (χ1v) is 6.32. The monoisotopic (exact) mass is 323 g/mol. The van der Waals surface area contributed by atoms with E-state index in [0.717, 1.165) is 0 Å². The number of aryl methyl sites for hydroxylation is 1. The van der Waals surface area contributed by atoms with Gasteiger partial charge in [-0.2, -0.15) is 0 Å². The predicted octanol–water partition coefficient (Wildman–Crippen LogP) is 3.85. The van der Waals surface area contributed by atoms with E-state index in [0.29, 0.717) is 16.8 Å². The Morgan fingerprint density at radius 1 is 1.26 bits per heavy atom. The number of carbonyl (C=O) groups excluding carboxylic acids is 1. The lowest BCUT2D eigenvalue weighted by molar-refractivity contribution is 0.102. The Bertz CT molecular complexity index is 643. The van der Waals surface area contributed by atoms with Crippen molar-refractivity contribution in [3.8, 4) is 5.75 Å². The lowest BCUT2D eigenvalue weighted by Gasteiger charge is -2.07. The number of phenols is 1. The average molecular weight is 324 g/mol. The van der Waals surface area contributed by atoms with Crippen LogP contribution in [-0.4, -0.2) is 11.0 Å². The van der Waals surface area contributed by atoms with Crippen LogP contribution in [0.15, 0.2) is 40.9 Å². The first-order chi connectivity index (χ1) is 8.97. The maximum absolute atomic E-state index is 13.1. The van der Waals surface area contributed by atoms with Gasteiger partial charge in [0, 0.05) is 11.3 Å². The number of carbonyl (C=O) groups is 1. The second-order valence-electron chi connectivity index (χ2n) is 4.08. The van der Waals surface area contributed by atoms with Gasteiger partial charge in [0.25, 0.3) is 5.91 Å². The van der Waals surface area contributed by atoms with Gasteiger partial charge < -0.3 is 10.4 Å². The average Bonchev–Trinajstić information content (AvgIpc) is 2.37. The SMILES string of the molecule is Cc1cc(C(=O)Nc2ccc(F)c(Br)c2)ccc1O. The fraction of sp³-hybridized carbons (Fsp3) is 0.0714. The molecule has 98 valence electrons. The summed E-state index contributed by atoms with van der Waals surface area (Å²) in [4.78, 5) is 12.0. The van der Waals surface area contributed by atoms with Gasteiger partial charge in [-0.1, -0.05) is 0 Å². The van der Waals surface area contributed by atoms with E-state index in [9.17, 15) is 14.3 Å². The zero-order chi connectivity index (χ0) is 14.0. The van der Waals surface area contributed by atoms with Crippen LogP contribution >= 0.6 is 15.9 Å². The van der Waals surface area contributed by atoms with Crippen molar-refractivity contribution in [2.24, 2.45) is 0 Å². The molecule has 0 bridgehead atoms. The zero-order valence-corrected chi connectivity index (χ0v) is 11.7. The minimum Gasteiger partial charge on any atom is -0.508 e. The number of anilines is 1. The molecule has 0 aliphatic carbocycles. The molecule has 0 saturated carbocycles. The summed E-state index contributed by atoms with van der Waals surface area (Å²) in [7, 11) is 0. The summed E-state index contributed by atoms with van der Waals surface area (Å²) >= 11 is 3.05. The van der Waals surface area contributed by atoms with Gasteiger partial charge in [-0.05, 0) is 64.8 Å². The number of halogens is 2. The summed E-state index contributed by atoms with van der Waals surface area (Å²) in [6.45, 7) is 1.71. The lowest BCUT2D eigenvalue weighted by atomic mass is 10.1. The Morgan fingerprint density at radius 2 is 2.00 bits per heavy atom. The molecule has 2 N–H and O–H groups in total. The quantitative estimate of drug-likeness (QED) is 0.881. The molecule has 0 radical (unpaired) electrons. The highest BCUT2D eigenvalue weighted by atomic mass is 79.9. The molecule has 0 saturated heterocycles. The highest BCUT2D eigenvalue weighted by Crippen LogP contribution is 2.21. The summed E-state index contributed by atoms with van der Waals surface area (Å²) in [5.74, 6) is -0.568. The number of hydrogen-bond donors (Lipinski definition) is 2. The molecule has 3 nitrogen and oxygen atoms in total. The predicted molar refractivity (Wildman–Crippen MR) is 74.9 cm³/mol. The second kappa shape index (κ2) is 5.40. The number of rotatable bonds is 2. The van der Waals surface area contributed by atoms with Crippen molar-refractivity contribution in [3.05, 3.63) is 57.8 Å². The largest absolute Gasteiger partial charge is 0.508 e. The van der Waals surface area contributed by atoms with Crippen molar-refractivity contribution in [2.75, 3.05) is 5.32 Å². The molecule has 0 unspecified atom stereocenters. The van der Waals surface area contributed by atoms with Crippen LogP contribution in [0.2, 0.25) is 0 Å². The Kier molecular flexibility index (Phi) is 3.85. The molecular weight excluding hydrogens is 313 g/mol. The molecule has 2 aromatic carbocycles. The van der Waals surface area contributed by atoms with Gasteiger partial charge in [0.2, 0.25) is 0 Å². The number of benzene rings is 2. The van der Waals surface area contributed by atoms with Crippen molar-refractivity contribution >= 4 is 27.5 Å². The number of aromatic hydroxyl groups is 1. The first kappa shape index (κ1) is 13.5. The third kappa shape index (κ3) is 3.12. The van der Waals surface area contributed by atoms with Crippen LogP contribution < -0.4 is 5.32 Å². The van der Waals surface area contributed by atoms with Gasteiger partial charge in [0.05, 0.1) is 4.47 Å². The standard InChI is InChI=1S/C14H11BrFNO2/c1-8-6-9(2-5-13(8)18)14(19)17-10-3-4-12(16)11(15)7-10/h2-7,18H,1H3,(H,17,19). The van der Waals surface area contributed by atoms with Crippen LogP contribution in [0.25, 0.3) is 0 Å². The van der Waals surface area contributed by atoms with Crippen molar-refractivity contribution in [2.45, 2.75) is 6.92 Å². The Balaban J connectivity index is 2.20. The van der Waals surface area contributed by atoms with Gasteiger partial charge >= 0.3 is 0 Å². The summed E-state index contributed by atoms with van der Waals surface area (Å²) < 4.78 is 13.4. The maximum Gasteiger partial charge on any atom is 0.255 e. The van der Waals surface area contributed by atoms with Crippen LogP contribution in [-0.2, 0) is 0 Å². The third-order valence-electron chi connectivity index (χ3n) is 2.64. The number of nitrogens with one attached hydrogen (secondary N) is 1. The van der Waals surface area contributed by atoms with Crippen molar-refractivity contribution in [3.63, 3.8) is 0 Å². The molecule has 2 rings (SSSR count). The van der Waals surface area contributed by atoms with Gasteiger partial charge in [-0.25, -0.2) is 4.39 Å². The Hall–Kier alpha value is -1.88. The van der Waals surface area contributed by atoms with E-state index in [-0.39, 0.29) is 16.1 Å². The molecule has 0 heterocycles. The summed E-state index contributed by atoms with van der Waals surface area (Å²) in [5.41, 5.74) is 1.53. The van der Waals surface area contributed by atoms with E-state index < -0.39 is 5.82 Å². The normalized spacial score (nSPS) is 10.3. The molecule has 0 spiro atoms. The topological polar surface area (TPSA) is 49.3 Å². The van der Waals surface area contributed by atoms with E-state index in [1.54, 1.807) is 13.0 Å². The summed E-state index contributed by atoms with van der Waals surface area (Å²) in [5, 5.41) is 12.1. The molecule has 19 heavy (non-hydrogen) atoms.